The summed E-state index contributed by atoms with van der Waals surface area (Å²) in [7, 11) is 0.458. The molecule has 1 fully saturated rings. The molecule has 0 spiro atoms. The Kier molecular flexibility index (Phi) is 3.72. The van der Waals surface area contributed by atoms with Crippen LogP contribution in [0.25, 0.3) is 0 Å². The van der Waals surface area contributed by atoms with Crippen LogP contribution in [0.15, 0.2) is 0 Å². The molecule has 15 heavy (non-hydrogen) atoms. The SMILES string of the molecule is CNC(C)C(=O)N(C)C1CCS(=O)(=O)C1. The highest BCUT2D eigenvalue weighted by Gasteiger charge is 2.33. The third kappa shape index (κ3) is 2.92. The number of rotatable bonds is 3. The Bertz CT molecular complexity index is 339. The second-order valence-electron chi connectivity index (χ2n) is 4.02. The fraction of sp³-hybridized carbons (Fsp3) is 0.889. The van der Waals surface area contributed by atoms with Crippen molar-refractivity contribution in [1.82, 2.24) is 10.2 Å². The molecule has 0 aromatic carbocycles. The second kappa shape index (κ2) is 4.49. The Morgan fingerprint density at radius 1 is 1.53 bits per heavy atom. The van der Waals surface area contributed by atoms with E-state index < -0.39 is 9.84 Å². The molecule has 0 aliphatic carbocycles. The minimum absolute atomic E-state index is 0.0559. The maximum absolute atomic E-state index is 11.7. The fourth-order valence-corrected chi connectivity index (χ4v) is 3.46. The van der Waals surface area contributed by atoms with Crippen molar-refractivity contribution in [3.05, 3.63) is 0 Å². The van der Waals surface area contributed by atoms with E-state index in [1.54, 1.807) is 25.9 Å². The highest BCUT2D eigenvalue weighted by atomic mass is 32.2. The molecule has 1 N–H and O–H groups in total. The van der Waals surface area contributed by atoms with E-state index in [1.165, 1.54) is 0 Å². The number of hydrogen-bond acceptors (Lipinski definition) is 4. The van der Waals surface area contributed by atoms with E-state index in [9.17, 15) is 13.2 Å². The normalized spacial score (nSPS) is 26.2. The quantitative estimate of drug-likeness (QED) is 0.697. The van der Waals surface area contributed by atoms with E-state index >= 15 is 0 Å². The molecule has 88 valence electrons. The van der Waals surface area contributed by atoms with Gasteiger partial charge >= 0.3 is 0 Å². The highest BCUT2D eigenvalue weighted by Crippen LogP contribution is 2.16. The molecule has 1 aliphatic rings. The molecule has 6 heteroatoms. The first-order valence-electron chi connectivity index (χ1n) is 5.02. The summed E-state index contributed by atoms with van der Waals surface area (Å²) in [5.74, 6) is 0.245. The van der Waals surface area contributed by atoms with E-state index in [0.29, 0.717) is 6.42 Å². The molecular weight excluding hydrogens is 216 g/mol. The minimum atomic E-state index is -2.92. The Morgan fingerprint density at radius 2 is 2.13 bits per heavy atom. The number of carbonyl (C=O) groups is 1. The van der Waals surface area contributed by atoms with Gasteiger partial charge in [-0.15, -0.1) is 0 Å². The number of carbonyl (C=O) groups excluding carboxylic acids is 1. The maximum atomic E-state index is 11.7. The molecule has 2 atom stereocenters. The average Bonchev–Trinajstić information content (AvgIpc) is 2.55. The monoisotopic (exact) mass is 234 g/mol. The van der Waals surface area contributed by atoms with E-state index in [0.717, 1.165) is 0 Å². The molecule has 1 aliphatic heterocycles. The van der Waals surface area contributed by atoms with Crippen LogP contribution in [0.4, 0.5) is 0 Å². The van der Waals surface area contributed by atoms with Gasteiger partial charge in [0.15, 0.2) is 9.84 Å². The summed E-state index contributed by atoms with van der Waals surface area (Å²) < 4.78 is 22.5. The lowest BCUT2D eigenvalue weighted by Gasteiger charge is -2.26. The molecule has 0 aromatic heterocycles. The Hall–Kier alpha value is -0.620. The number of likely N-dealkylation sites (N-methyl/N-ethyl adjacent to an activating group) is 2. The largest absolute Gasteiger partial charge is 0.340 e. The van der Waals surface area contributed by atoms with Crippen molar-refractivity contribution in [2.75, 3.05) is 25.6 Å². The first kappa shape index (κ1) is 12.4. The number of sulfone groups is 1. The van der Waals surface area contributed by atoms with Crippen molar-refractivity contribution in [3.8, 4) is 0 Å². The third-order valence-corrected chi connectivity index (χ3v) is 4.66. The first-order chi connectivity index (χ1) is 6.87. The van der Waals surface area contributed by atoms with Crippen molar-refractivity contribution in [1.29, 1.82) is 0 Å². The van der Waals surface area contributed by atoms with Gasteiger partial charge in [-0.2, -0.15) is 0 Å². The average molecular weight is 234 g/mol. The lowest BCUT2D eigenvalue weighted by Crippen LogP contribution is -2.46. The van der Waals surface area contributed by atoms with Crippen LogP contribution in [0.3, 0.4) is 0 Å². The lowest BCUT2D eigenvalue weighted by molar-refractivity contribution is -0.133. The molecule has 0 aromatic rings. The Balaban J connectivity index is 2.63. The molecule has 0 saturated carbocycles. The summed E-state index contributed by atoms with van der Waals surface area (Å²) in [6, 6.07) is -0.420. The molecule has 0 radical (unpaired) electrons. The molecular formula is C9H18N2O3S. The van der Waals surface area contributed by atoms with Crippen molar-refractivity contribution >= 4 is 15.7 Å². The number of nitrogens with one attached hydrogen (secondary N) is 1. The first-order valence-corrected chi connectivity index (χ1v) is 6.84. The van der Waals surface area contributed by atoms with E-state index in [1.807, 2.05) is 0 Å². The number of hydrogen-bond donors (Lipinski definition) is 1. The van der Waals surface area contributed by atoms with Gasteiger partial charge in [-0.25, -0.2) is 8.42 Å². The molecule has 1 heterocycles. The van der Waals surface area contributed by atoms with Gasteiger partial charge in [0.2, 0.25) is 5.91 Å². The molecule has 2 unspecified atom stereocenters. The number of amides is 1. The van der Waals surface area contributed by atoms with E-state index in [4.69, 9.17) is 0 Å². The van der Waals surface area contributed by atoms with Gasteiger partial charge in [-0.05, 0) is 20.4 Å². The van der Waals surface area contributed by atoms with E-state index in [-0.39, 0.29) is 29.5 Å². The van der Waals surface area contributed by atoms with Crippen LogP contribution in [0, 0.1) is 0 Å². The Labute approximate surface area is 90.7 Å². The van der Waals surface area contributed by atoms with Crippen LogP contribution >= 0.6 is 0 Å². The van der Waals surface area contributed by atoms with Crippen LogP contribution < -0.4 is 5.32 Å². The van der Waals surface area contributed by atoms with Crippen LogP contribution in [0.2, 0.25) is 0 Å². The van der Waals surface area contributed by atoms with E-state index in [2.05, 4.69) is 5.32 Å². The van der Waals surface area contributed by atoms with Crippen molar-refractivity contribution < 1.29 is 13.2 Å². The number of nitrogens with zero attached hydrogens (tertiary/aromatic N) is 1. The maximum Gasteiger partial charge on any atom is 0.239 e. The predicted octanol–water partition coefficient (Wildman–Crippen LogP) is -0.760. The summed E-state index contributed by atoms with van der Waals surface area (Å²) >= 11 is 0. The standard InChI is InChI=1S/C9H18N2O3S/c1-7(10-2)9(12)11(3)8-4-5-15(13,14)6-8/h7-8,10H,4-6H2,1-3H3. The summed E-state index contributed by atoms with van der Waals surface area (Å²) in [6.45, 7) is 1.77. The van der Waals surface area contributed by atoms with Crippen molar-refractivity contribution in [2.45, 2.75) is 25.4 Å². The zero-order valence-corrected chi connectivity index (χ0v) is 10.2. The van der Waals surface area contributed by atoms with Gasteiger partial charge in [0.1, 0.15) is 0 Å². The second-order valence-corrected chi connectivity index (χ2v) is 6.25. The third-order valence-electron chi connectivity index (χ3n) is 2.91. The topological polar surface area (TPSA) is 66.5 Å². The summed E-state index contributed by atoms with van der Waals surface area (Å²) in [5, 5.41) is 2.85. The Morgan fingerprint density at radius 3 is 2.53 bits per heavy atom. The van der Waals surface area contributed by atoms with Gasteiger partial charge in [0, 0.05) is 13.1 Å². The van der Waals surface area contributed by atoms with Crippen molar-refractivity contribution in [2.24, 2.45) is 0 Å². The molecule has 1 saturated heterocycles. The van der Waals surface area contributed by atoms with Gasteiger partial charge < -0.3 is 10.2 Å². The van der Waals surface area contributed by atoms with Gasteiger partial charge in [-0.3, -0.25) is 4.79 Å². The smallest absolute Gasteiger partial charge is 0.239 e. The molecule has 5 nitrogen and oxygen atoms in total. The zero-order chi connectivity index (χ0) is 11.6. The van der Waals surface area contributed by atoms with Gasteiger partial charge in [-0.1, -0.05) is 0 Å². The van der Waals surface area contributed by atoms with Crippen LogP contribution in [0.1, 0.15) is 13.3 Å². The van der Waals surface area contributed by atoms with Crippen LogP contribution in [-0.4, -0.2) is 56.9 Å². The lowest BCUT2D eigenvalue weighted by atomic mass is 10.2. The molecule has 0 bridgehead atoms. The highest BCUT2D eigenvalue weighted by molar-refractivity contribution is 7.91. The summed E-state index contributed by atoms with van der Waals surface area (Å²) in [4.78, 5) is 13.3. The summed E-state index contributed by atoms with van der Waals surface area (Å²) in [6.07, 6.45) is 0.557. The van der Waals surface area contributed by atoms with Crippen molar-refractivity contribution in [3.63, 3.8) is 0 Å². The van der Waals surface area contributed by atoms with Gasteiger partial charge in [0.25, 0.3) is 0 Å². The summed E-state index contributed by atoms with van der Waals surface area (Å²) in [5.41, 5.74) is 0. The predicted molar refractivity (Wildman–Crippen MR) is 58.4 cm³/mol. The fourth-order valence-electron chi connectivity index (χ4n) is 1.69. The minimum Gasteiger partial charge on any atom is -0.340 e. The van der Waals surface area contributed by atoms with Gasteiger partial charge in [0.05, 0.1) is 17.5 Å². The zero-order valence-electron chi connectivity index (χ0n) is 9.36. The molecule has 1 amide bonds. The van der Waals surface area contributed by atoms with Crippen LogP contribution in [-0.2, 0) is 14.6 Å². The van der Waals surface area contributed by atoms with Crippen LogP contribution in [0.5, 0.6) is 0 Å². The molecule has 1 rings (SSSR count).